The molecule has 1 saturated carbocycles. The van der Waals surface area contributed by atoms with Gasteiger partial charge in [-0.2, -0.15) is 10.1 Å². The Balaban J connectivity index is 1.44. The Morgan fingerprint density at radius 1 is 0.786 bits per heavy atom. The van der Waals surface area contributed by atoms with Crippen molar-refractivity contribution < 1.29 is 4.79 Å². The van der Waals surface area contributed by atoms with Crippen LogP contribution in [0.4, 0.5) is 5.69 Å². The summed E-state index contributed by atoms with van der Waals surface area (Å²) in [5.74, 6) is 0.413. The largest absolute Gasteiger partial charge is 0.269 e. The van der Waals surface area contributed by atoms with Crippen LogP contribution in [0.1, 0.15) is 42.0 Å². The number of rotatable bonds is 8. The molecule has 1 fully saturated rings. The van der Waals surface area contributed by atoms with E-state index in [1.807, 2.05) is 71.5 Å². The Labute approximate surface area is 243 Å². The van der Waals surface area contributed by atoms with Crippen LogP contribution in [0.2, 0.25) is 0 Å². The number of nitrogens with zero attached hydrogens (tertiary/aromatic N) is 7. The summed E-state index contributed by atoms with van der Waals surface area (Å²) in [5.41, 5.74) is 5.07. The van der Waals surface area contributed by atoms with Crippen molar-refractivity contribution in [2.24, 2.45) is 4.99 Å². The van der Waals surface area contributed by atoms with Crippen LogP contribution in [-0.2, 0) is 10.3 Å². The van der Waals surface area contributed by atoms with Gasteiger partial charge >= 0.3 is 0 Å². The molecular weight excluding hydrogens is 522 g/mol. The molecule has 0 unspecified atom stereocenters. The lowest BCUT2D eigenvalue weighted by atomic mass is 9.77. The summed E-state index contributed by atoms with van der Waals surface area (Å²) in [6, 6.07) is 36.6. The first-order valence-corrected chi connectivity index (χ1v) is 14.0. The van der Waals surface area contributed by atoms with Gasteiger partial charge in [0.15, 0.2) is 5.54 Å². The molecule has 42 heavy (non-hydrogen) atoms. The Bertz CT molecular complexity index is 1770. The van der Waals surface area contributed by atoms with E-state index in [0.29, 0.717) is 23.1 Å². The standard InChI is InChI=1S/C34H27N7O/c42-24-35-29-19-20-31(25-22-36-40(23-25)30-17-10-18-30)32(21-29)33-37-39-41(38-33)34(26-11-4-1-5-12-26,27-13-6-2-7-14-27)28-15-8-3-9-16-28/h1-9,11-16,19-23,30H,10,17-18H2. The van der Waals surface area contributed by atoms with Crippen molar-refractivity contribution in [1.29, 1.82) is 0 Å². The highest BCUT2D eigenvalue weighted by Crippen LogP contribution is 2.41. The molecule has 0 radical (unpaired) electrons. The Morgan fingerprint density at radius 2 is 1.40 bits per heavy atom. The minimum atomic E-state index is -0.900. The molecule has 0 spiro atoms. The minimum Gasteiger partial charge on any atom is -0.269 e. The molecule has 0 bridgehead atoms. The Kier molecular flexibility index (Phi) is 6.58. The fraction of sp³-hybridized carbons (Fsp3) is 0.147. The number of aromatic nitrogens is 6. The fourth-order valence-electron chi connectivity index (χ4n) is 5.77. The lowest BCUT2D eigenvalue weighted by Gasteiger charge is -2.34. The van der Waals surface area contributed by atoms with Gasteiger partial charge < -0.3 is 0 Å². The van der Waals surface area contributed by atoms with Crippen molar-refractivity contribution in [2.45, 2.75) is 30.8 Å². The number of tetrazole rings is 1. The summed E-state index contributed by atoms with van der Waals surface area (Å²) < 4.78 is 2.04. The highest BCUT2D eigenvalue weighted by molar-refractivity contribution is 5.82. The molecule has 7 rings (SSSR count). The zero-order chi connectivity index (χ0) is 28.4. The van der Waals surface area contributed by atoms with Gasteiger partial charge in [0.25, 0.3) is 0 Å². The molecule has 1 aliphatic carbocycles. The van der Waals surface area contributed by atoms with Crippen molar-refractivity contribution >= 4 is 11.8 Å². The average Bonchev–Trinajstić information content (AvgIpc) is 3.70. The third-order valence-corrected chi connectivity index (χ3v) is 8.07. The van der Waals surface area contributed by atoms with Gasteiger partial charge in [-0.1, -0.05) is 97.1 Å². The monoisotopic (exact) mass is 549 g/mol. The summed E-state index contributed by atoms with van der Waals surface area (Å²) in [6.07, 6.45) is 9.08. The highest BCUT2D eigenvalue weighted by Gasteiger charge is 2.41. The molecule has 0 N–H and O–H groups in total. The van der Waals surface area contributed by atoms with Gasteiger partial charge in [-0.05, 0) is 58.9 Å². The van der Waals surface area contributed by atoms with E-state index >= 15 is 0 Å². The summed E-state index contributed by atoms with van der Waals surface area (Å²) >= 11 is 0. The number of hydrogen-bond donors (Lipinski definition) is 0. The molecule has 204 valence electrons. The molecule has 0 amide bonds. The molecule has 0 aliphatic heterocycles. The molecule has 2 heterocycles. The molecular formula is C34H27N7O. The van der Waals surface area contributed by atoms with Crippen LogP contribution >= 0.6 is 0 Å². The summed E-state index contributed by atoms with van der Waals surface area (Å²) in [6.45, 7) is 0. The average molecular weight is 550 g/mol. The maximum Gasteiger partial charge on any atom is 0.240 e. The van der Waals surface area contributed by atoms with Gasteiger partial charge in [-0.25, -0.2) is 4.79 Å². The highest BCUT2D eigenvalue weighted by atomic mass is 16.1. The number of aliphatic imine (C=N–C) groups is 1. The van der Waals surface area contributed by atoms with Crippen LogP contribution in [0.5, 0.6) is 0 Å². The van der Waals surface area contributed by atoms with Crippen LogP contribution in [0.15, 0.2) is 127 Å². The second kappa shape index (κ2) is 10.8. The van der Waals surface area contributed by atoms with Gasteiger partial charge in [-0.15, -0.1) is 15.0 Å². The number of benzene rings is 4. The molecule has 8 heteroatoms. The quantitative estimate of drug-likeness (QED) is 0.119. The number of isocyanates is 1. The molecule has 4 aromatic carbocycles. The third kappa shape index (κ3) is 4.35. The Morgan fingerprint density at radius 3 is 1.95 bits per heavy atom. The van der Waals surface area contributed by atoms with Crippen molar-refractivity contribution in [1.82, 2.24) is 30.0 Å². The molecule has 6 aromatic rings. The first-order valence-electron chi connectivity index (χ1n) is 14.0. The predicted molar refractivity (Wildman–Crippen MR) is 160 cm³/mol. The van der Waals surface area contributed by atoms with Gasteiger partial charge in [0, 0.05) is 17.3 Å². The zero-order valence-corrected chi connectivity index (χ0v) is 22.8. The van der Waals surface area contributed by atoms with Crippen molar-refractivity contribution in [3.63, 3.8) is 0 Å². The van der Waals surface area contributed by atoms with Crippen molar-refractivity contribution in [2.75, 3.05) is 0 Å². The fourth-order valence-corrected chi connectivity index (χ4v) is 5.77. The summed E-state index contributed by atoms with van der Waals surface area (Å²) in [5, 5.41) is 19.0. The molecule has 0 atom stereocenters. The van der Waals surface area contributed by atoms with Crippen LogP contribution in [0, 0.1) is 0 Å². The third-order valence-electron chi connectivity index (χ3n) is 8.07. The maximum absolute atomic E-state index is 11.1. The van der Waals surface area contributed by atoms with Gasteiger partial charge in [0.2, 0.25) is 11.9 Å². The molecule has 2 aromatic heterocycles. The van der Waals surface area contributed by atoms with Crippen molar-refractivity contribution in [3.8, 4) is 22.5 Å². The number of carbonyl (C=O) groups excluding carboxylic acids is 1. The van der Waals surface area contributed by atoms with Gasteiger partial charge in [0.1, 0.15) is 0 Å². The van der Waals surface area contributed by atoms with Gasteiger partial charge in [-0.3, -0.25) is 4.68 Å². The van der Waals surface area contributed by atoms with Crippen LogP contribution in [0.25, 0.3) is 22.5 Å². The predicted octanol–water partition coefficient (Wildman–Crippen LogP) is 6.74. The normalized spacial score (nSPS) is 13.3. The SMILES string of the molecule is O=C=Nc1ccc(-c2cnn(C3CCC3)c2)c(-c2nnn(C(c3ccccc3)(c3ccccc3)c3ccccc3)n2)c1. The second-order valence-electron chi connectivity index (χ2n) is 10.4. The van der Waals surface area contributed by atoms with E-state index in [1.165, 1.54) is 6.42 Å². The first-order chi connectivity index (χ1) is 20.8. The van der Waals surface area contributed by atoms with E-state index in [1.54, 1.807) is 23.0 Å². The maximum atomic E-state index is 11.1. The second-order valence-corrected chi connectivity index (χ2v) is 10.4. The lowest BCUT2D eigenvalue weighted by molar-refractivity contribution is 0.289. The van der Waals surface area contributed by atoms with Crippen LogP contribution in [0.3, 0.4) is 0 Å². The number of hydrogen-bond acceptors (Lipinski definition) is 6. The van der Waals surface area contributed by atoms with Crippen LogP contribution < -0.4 is 0 Å². The smallest absolute Gasteiger partial charge is 0.240 e. The Hall–Kier alpha value is -5.46. The van der Waals surface area contributed by atoms with Crippen LogP contribution in [-0.4, -0.2) is 36.1 Å². The van der Waals surface area contributed by atoms with E-state index in [2.05, 4.69) is 63.0 Å². The summed E-state index contributed by atoms with van der Waals surface area (Å²) in [7, 11) is 0. The van der Waals surface area contributed by atoms with E-state index in [-0.39, 0.29) is 0 Å². The molecule has 1 aliphatic rings. The first kappa shape index (κ1) is 25.5. The molecule has 0 saturated heterocycles. The zero-order valence-electron chi connectivity index (χ0n) is 22.8. The minimum absolute atomic E-state index is 0.413. The molecule has 8 nitrogen and oxygen atoms in total. The van der Waals surface area contributed by atoms with E-state index in [9.17, 15) is 4.79 Å². The summed E-state index contributed by atoms with van der Waals surface area (Å²) in [4.78, 5) is 16.7. The topological polar surface area (TPSA) is 90.9 Å². The van der Waals surface area contributed by atoms with E-state index < -0.39 is 5.54 Å². The lowest BCUT2D eigenvalue weighted by Crippen LogP contribution is -2.39. The van der Waals surface area contributed by atoms with E-state index in [0.717, 1.165) is 40.7 Å². The van der Waals surface area contributed by atoms with Gasteiger partial charge in [0.05, 0.1) is 17.9 Å². The van der Waals surface area contributed by atoms with E-state index in [4.69, 9.17) is 5.10 Å². The van der Waals surface area contributed by atoms with Crippen molar-refractivity contribution in [3.05, 3.63) is 138 Å².